The summed E-state index contributed by atoms with van der Waals surface area (Å²) in [6, 6.07) is 7.36. The molecule has 1 aliphatic heterocycles. The lowest BCUT2D eigenvalue weighted by atomic mass is 10.1. The van der Waals surface area contributed by atoms with Crippen LogP contribution in [-0.4, -0.2) is 32.4 Å². The third kappa shape index (κ3) is 3.10. The van der Waals surface area contributed by atoms with Gasteiger partial charge in [-0.05, 0) is 30.9 Å². The lowest BCUT2D eigenvalue weighted by Crippen LogP contribution is -2.30. The first-order valence-corrected chi connectivity index (χ1v) is 7.84. The van der Waals surface area contributed by atoms with Gasteiger partial charge >= 0.3 is 0 Å². The van der Waals surface area contributed by atoms with Crippen LogP contribution in [0.15, 0.2) is 24.3 Å². The molecule has 0 aromatic heterocycles. The second-order valence-corrected chi connectivity index (χ2v) is 7.02. The average molecular weight is 267 g/mol. The Morgan fingerprint density at radius 3 is 2.72 bits per heavy atom. The van der Waals surface area contributed by atoms with Gasteiger partial charge in [-0.1, -0.05) is 18.2 Å². The maximum Gasteiger partial charge on any atom is 0.251 e. The molecule has 1 saturated heterocycles. The number of hydrogen-bond donors (Lipinski definition) is 1. The normalized spacial score (nSPS) is 21.7. The van der Waals surface area contributed by atoms with E-state index in [1.54, 1.807) is 6.07 Å². The van der Waals surface area contributed by atoms with Crippen molar-refractivity contribution >= 4 is 15.7 Å². The highest BCUT2D eigenvalue weighted by Crippen LogP contribution is 2.17. The molecule has 1 N–H and O–H groups in total. The summed E-state index contributed by atoms with van der Waals surface area (Å²) in [6.07, 6.45) is 0.649. The number of rotatable bonds is 3. The van der Waals surface area contributed by atoms with E-state index in [2.05, 4.69) is 5.32 Å². The Kier molecular flexibility index (Phi) is 3.71. The van der Waals surface area contributed by atoms with Crippen LogP contribution in [0.5, 0.6) is 0 Å². The first kappa shape index (κ1) is 13.1. The van der Waals surface area contributed by atoms with Crippen molar-refractivity contribution in [2.24, 2.45) is 5.92 Å². The zero-order valence-electron chi connectivity index (χ0n) is 10.3. The van der Waals surface area contributed by atoms with Crippen LogP contribution >= 0.6 is 0 Å². The molecule has 1 aromatic rings. The molecule has 1 fully saturated rings. The van der Waals surface area contributed by atoms with Crippen molar-refractivity contribution < 1.29 is 13.2 Å². The fourth-order valence-electron chi connectivity index (χ4n) is 2.19. The van der Waals surface area contributed by atoms with E-state index in [0.717, 1.165) is 5.56 Å². The van der Waals surface area contributed by atoms with E-state index in [-0.39, 0.29) is 23.3 Å². The summed E-state index contributed by atoms with van der Waals surface area (Å²) in [6.45, 7) is 2.32. The quantitative estimate of drug-likeness (QED) is 0.894. The first-order valence-electron chi connectivity index (χ1n) is 6.02. The third-order valence-corrected chi connectivity index (χ3v) is 5.10. The van der Waals surface area contributed by atoms with E-state index in [9.17, 15) is 13.2 Å². The van der Waals surface area contributed by atoms with Crippen LogP contribution in [0.2, 0.25) is 0 Å². The molecule has 0 radical (unpaired) electrons. The highest BCUT2D eigenvalue weighted by molar-refractivity contribution is 7.91. The largest absolute Gasteiger partial charge is 0.352 e. The minimum Gasteiger partial charge on any atom is -0.352 e. The molecule has 0 aliphatic carbocycles. The zero-order valence-corrected chi connectivity index (χ0v) is 11.2. The number of carbonyl (C=O) groups excluding carboxylic acids is 1. The lowest BCUT2D eigenvalue weighted by molar-refractivity contribution is 0.0948. The van der Waals surface area contributed by atoms with Gasteiger partial charge in [0.25, 0.3) is 5.91 Å². The summed E-state index contributed by atoms with van der Waals surface area (Å²) in [7, 11) is -2.87. The molecule has 1 atom stereocenters. The van der Waals surface area contributed by atoms with Crippen molar-refractivity contribution in [3.8, 4) is 0 Å². The van der Waals surface area contributed by atoms with Crippen LogP contribution < -0.4 is 5.32 Å². The summed E-state index contributed by atoms with van der Waals surface area (Å²) in [5.74, 6) is 0.374. The second-order valence-electron chi connectivity index (χ2n) is 4.79. The Bertz CT molecular complexity index is 551. The Labute approximate surface area is 107 Å². The molecule has 1 aromatic carbocycles. The van der Waals surface area contributed by atoms with Crippen LogP contribution in [0.1, 0.15) is 22.3 Å². The van der Waals surface area contributed by atoms with E-state index >= 15 is 0 Å². The molecule has 1 heterocycles. The van der Waals surface area contributed by atoms with Gasteiger partial charge in [0.05, 0.1) is 11.5 Å². The van der Waals surface area contributed by atoms with Gasteiger partial charge in [0.15, 0.2) is 9.84 Å². The summed E-state index contributed by atoms with van der Waals surface area (Å²) in [5, 5.41) is 2.82. The zero-order chi connectivity index (χ0) is 13.2. The van der Waals surface area contributed by atoms with E-state index < -0.39 is 9.84 Å². The third-order valence-electron chi connectivity index (χ3n) is 3.27. The summed E-state index contributed by atoms with van der Waals surface area (Å²) >= 11 is 0. The molecule has 98 valence electrons. The van der Waals surface area contributed by atoms with E-state index in [1.807, 2.05) is 25.1 Å². The molecule has 0 spiro atoms. The Morgan fingerprint density at radius 1 is 1.39 bits per heavy atom. The number of nitrogens with one attached hydrogen (secondary N) is 1. The Morgan fingerprint density at radius 2 is 2.11 bits per heavy atom. The van der Waals surface area contributed by atoms with Crippen molar-refractivity contribution in [2.75, 3.05) is 18.1 Å². The fraction of sp³-hybridized carbons (Fsp3) is 0.462. The van der Waals surface area contributed by atoms with Gasteiger partial charge in [-0.15, -0.1) is 0 Å². The minimum atomic E-state index is -2.87. The average Bonchev–Trinajstić information content (AvgIpc) is 2.66. The van der Waals surface area contributed by atoms with Crippen molar-refractivity contribution in [3.63, 3.8) is 0 Å². The highest BCUT2D eigenvalue weighted by atomic mass is 32.2. The van der Waals surface area contributed by atoms with Crippen LogP contribution in [0, 0.1) is 12.8 Å². The predicted octanol–water partition coefficient (Wildman–Crippen LogP) is 1.16. The molecule has 2 rings (SSSR count). The number of carbonyl (C=O) groups is 1. The molecular weight excluding hydrogens is 250 g/mol. The number of benzene rings is 1. The monoisotopic (exact) mass is 267 g/mol. The van der Waals surface area contributed by atoms with E-state index in [0.29, 0.717) is 18.5 Å². The standard InChI is InChI=1S/C13H17NO3S/c1-10-4-2-3-5-12(10)13(15)14-8-11-6-7-18(16,17)9-11/h2-5,11H,6-9H2,1H3,(H,14,15)/t11-/m1/s1. The highest BCUT2D eigenvalue weighted by Gasteiger charge is 2.28. The molecule has 4 nitrogen and oxygen atoms in total. The Hall–Kier alpha value is -1.36. The van der Waals surface area contributed by atoms with Gasteiger partial charge in [-0.2, -0.15) is 0 Å². The lowest BCUT2D eigenvalue weighted by Gasteiger charge is -2.10. The van der Waals surface area contributed by atoms with E-state index in [4.69, 9.17) is 0 Å². The van der Waals surface area contributed by atoms with Crippen molar-refractivity contribution in [2.45, 2.75) is 13.3 Å². The molecule has 1 amide bonds. The van der Waals surface area contributed by atoms with Gasteiger partial charge in [-0.25, -0.2) is 8.42 Å². The fourth-order valence-corrected chi connectivity index (χ4v) is 4.05. The van der Waals surface area contributed by atoms with Crippen molar-refractivity contribution in [1.29, 1.82) is 0 Å². The number of amides is 1. The maximum atomic E-state index is 11.9. The molecule has 5 heteroatoms. The summed E-state index contributed by atoms with van der Waals surface area (Å²) in [5.41, 5.74) is 1.58. The molecule has 18 heavy (non-hydrogen) atoms. The van der Waals surface area contributed by atoms with Gasteiger partial charge in [0, 0.05) is 12.1 Å². The number of sulfone groups is 1. The molecule has 0 unspecified atom stereocenters. The van der Waals surface area contributed by atoms with Gasteiger partial charge in [-0.3, -0.25) is 4.79 Å². The van der Waals surface area contributed by atoms with E-state index in [1.165, 1.54) is 0 Å². The molecular formula is C13H17NO3S. The molecule has 0 bridgehead atoms. The number of aryl methyl sites for hydroxylation is 1. The SMILES string of the molecule is Cc1ccccc1C(=O)NC[C@H]1CCS(=O)(=O)C1. The van der Waals surface area contributed by atoms with Crippen LogP contribution in [-0.2, 0) is 9.84 Å². The first-order chi connectivity index (χ1) is 8.48. The van der Waals surface area contributed by atoms with Gasteiger partial charge in [0.1, 0.15) is 0 Å². The Balaban J connectivity index is 1.92. The van der Waals surface area contributed by atoms with Crippen molar-refractivity contribution in [1.82, 2.24) is 5.32 Å². The van der Waals surface area contributed by atoms with Gasteiger partial charge < -0.3 is 5.32 Å². The van der Waals surface area contributed by atoms with Gasteiger partial charge in [0.2, 0.25) is 0 Å². The second kappa shape index (κ2) is 5.10. The topological polar surface area (TPSA) is 63.2 Å². The molecule has 1 aliphatic rings. The molecule has 0 saturated carbocycles. The predicted molar refractivity (Wildman–Crippen MR) is 70.3 cm³/mol. The van der Waals surface area contributed by atoms with Crippen LogP contribution in [0.3, 0.4) is 0 Å². The summed E-state index contributed by atoms with van der Waals surface area (Å²) in [4.78, 5) is 11.9. The summed E-state index contributed by atoms with van der Waals surface area (Å²) < 4.78 is 22.6. The maximum absolute atomic E-state index is 11.9. The van der Waals surface area contributed by atoms with Crippen molar-refractivity contribution in [3.05, 3.63) is 35.4 Å². The smallest absolute Gasteiger partial charge is 0.251 e. The minimum absolute atomic E-state index is 0.0583. The van der Waals surface area contributed by atoms with Crippen LogP contribution in [0.25, 0.3) is 0 Å². The van der Waals surface area contributed by atoms with Crippen LogP contribution in [0.4, 0.5) is 0 Å². The number of hydrogen-bond acceptors (Lipinski definition) is 3.